The van der Waals surface area contributed by atoms with Gasteiger partial charge in [-0.15, -0.1) is 0 Å². The number of hydrogen-bond acceptors (Lipinski definition) is 1. The molecule has 0 radical (unpaired) electrons. The van der Waals surface area contributed by atoms with Gasteiger partial charge < -0.3 is 4.90 Å². The summed E-state index contributed by atoms with van der Waals surface area (Å²) >= 11 is 0. The molecule has 4 rings (SSSR count). The molecule has 1 fully saturated rings. The molecule has 0 spiro atoms. The van der Waals surface area contributed by atoms with Crippen molar-refractivity contribution in [1.29, 1.82) is 0 Å². The normalized spacial score (nSPS) is 17.4. The first-order valence-corrected chi connectivity index (χ1v) is 8.63. The molecule has 1 atom stereocenters. The van der Waals surface area contributed by atoms with E-state index >= 15 is 0 Å². The number of aromatic amines is 1. The summed E-state index contributed by atoms with van der Waals surface area (Å²) in [4.78, 5) is 18.0. The zero-order valence-electron chi connectivity index (χ0n) is 14.4. The molecule has 1 N–H and O–H groups in total. The fourth-order valence-electron chi connectivity index (χ4n) is 3.66. The van der Waals surface area contributed by atoms with Crippen LogP contribution >= 0.6 is 0 Å². The number of H-pyrrole nitrogens is 1. The molecule has 1 unspecified atom stereocenters. The molecule has 1 saturated heterocycles. The molecule has 0 saturated carbocycles. The van der Waals surface area contributed by atoms with Crippen LogP contribution in [0.3, 0.4) is 0 Å². The standard InChI is InChI=1S/C21H21N3O/c1-15(2)13-24-19-11-7-6-10-18(19)22-21(24)16-12-20(25)23(14-16)17-8-4-3-5-9-17/h3-11,16H,1,12-14H2,2H3/p+1. The number of allylic oxidation sites excluding steroid dienone is 1. The van der Waals surface area contributed by atoms with Crippen molar-refractivity contribution in [3.63, 3.8) is 0 Å². The number of benzene rings is 2. The maximum atomic E-state index is 12.6. The number of aromatic nitrogens is 2. The molecule has 0 aliphatic carbocycles. The SMILES string of the molecule is C=C(C)C[n+]1c(C2CC(=O)N(c3ccccc3)C2)[nH]c2ccccc21. The van der Waals surface area contributed by atoms with E-state index in [2.05, 4.69) is 28.3 Å². The molecule has 25 heavy (non-hydrogen) atoms. The molecule has 4 heteroatoms. The van der Waals surface area contributed by atoms with Gasteiger partial charge >= 0.3 is 0 Å². The van der Waals surface area contributed by atoms with Gasteiger partial charge in [-0.05, 0) is 36.8 Å². The first-order valence-electron chi connectivity index (χ1n) is 8.63. The molecule has 2 aromatic carbocycles. The van der Waals surface area contributed by atoms with Crippen molar-refractivity contribution in [2.45, 2.75) is 25.8 Å². The third kappa shape index (κ3) is 2.84. The first kappa shape index (κ1) is 15.6. The predicted molar refractivity (Wildman–Crippen MR) is 99.5 cm³/mol. The Morgan fingerprint density at radius 3 is 2.68 bits per heavy atom. The zero-order chi connectivity index (χ0) is 17.4. The lowest BCUT2D eigenvalue weighted by atomic mass is 10.1. The highest BCUT2D eigenvalue weighted by Crippen LogP contribution is 2.30. The van der Waals surface area contributed by atoms with Crippen molar-refractivity contribution in [1.82, 2.24) is 4.98 Å². The van der Waals surface area contributed by atoms with E-state index < -0.39 is 0 Å². The average molecular weight is 332 g/mol. The van der Waals surface area contributed by atoms with Gasteiger partial charge in [0.2, 0.25) is 5.91 Å². The molecule has 1 aromatic heterocycles. The number of rotatable bonds is 4. The van der Waals surface area contributed by atoms with Gasteiger partial charge in [-0.2, -0.15) is 0 Å². The molecule has 4 nitrogen and oxygen atoms in total. The van der Waals surface area contributed by atoms with Crippen LogP contribution in [-0.4, -0.2) is 17.4 Å². The number of nitrogens with one attached hydrogen (secondary N) is 1. The van der Waals surface area contributed by atoms with E-state index in [-0.39, 0.29) is 11.8 Å². The highest BCUT2D eigenvalue weighted by Gasteiger charge is 2.38. The number of amides is 1. The van der Waals surface area contributed by atoms with E-state index in [1.54, 1.807) is 0 Å². The van der Waals surface area contributed by atoms with Gasteiger partial charge in [-0.25, -0.2) is 9.55 Å². The number of imidazole rings is 1. The Morgan fingerprint density at radius 1 is 1.20 bits per heavy atom. The van der Waals surface area contributed by atoms with Gasteiger partial charge in [-0.1, -0.05) is 36.9 Å². The number of carbonyl (C=O) groups excluding carboxylic acids is 1. The minimum absolute atomic E-state index is 0.152. The Morgan fingerprint density at radius 2 is 1.92 bits per heavy atom. The molecule has 1 aliphatic heterocycles. The maximum absolute atomic E-state index is 12.6. The monoisotopic (exact) mass is 332 g/mol. The van der Waals surface area contributed by atoms with Crippen molar-refractivity contribution in [2.75, 3.05) is 11.4 Å². The summed E-state index contributed by atoms with van der Waals surface area (Å²) in [6.07, 6.45) is 0.526. The van der Waals surface area contributed by atoms with Gasteiger partial charge in [-0.3, -0.25) is 4.79 Å². The summed E-state index contributed by atoms with van der Waals surface area (Å²) in [6, 6.07) is 18.2. The smallest absolute Gasteiger partial charge is 0.260 e. The average Bonchev–Trinajstić information content (AvgIpc) is 3.16. The van der Waals surface area contributed by atoms with Crippen molar-refractivity contribution in [3.05, 3.63) is 72.6 Å². The van der Waals surface area contributed by atoms with Gasteiger partial charge in [0.15, 0.2) is 11.0 Å². The van der Waals surface area contributed by atoms with Crippen LogP contribution < -0.4 is 9.47 Å². The second-order valence-corrected chi connectivity index (χ2v) is 6.81. The van der Waals surface area contributed by atoms with Crippen LogP contribution in [0.2, 0.25) is 0 Å². The van der Waals surface area contributed by atoms with Crippen molar-refractivity contribution in [3.8, 4) is 0 Å². The van der Waals surface area contributed by atoms with E-state index in [4.69, 9.17) is 0 Å². The van der Waals surface area contributed by atoms with Crippen LogP contribution in [0.1, 0.15) is 25.1 Å². The van der Waals surface area contributed by atoms with Crippen LogP contribution in [0, 0.1) is 0 Å². The van der Waals surface area contributed by atoms with Crippen molar-refractivity contribution in [2.24, 2.45) is 0 Å². The summed E-state index contributed by atoms with van der Waals surface area (Å²) in [5.74, 6) is 1.44. The maximum Gasteiger partial charge on any atom is 0.260 e. The van der Waals surface area contributed by atoms with E-state index in [1.165, 1.54) is 0 Å². The number of hydrogen-bond donors (Lipinski definition) is 1. The van der Waals surface area contributed by atoms with Crippen LogP contribution in [-0.2, 0) is 11.3 Å². The highest BCUT2D eigenvalue weighted by atomic mass is 16.2. The van der Waals surface area contributed by atoms with E-state index in [0.29, 0.717) is 13.0 Å². The number of fused-ring (bicyclic) bond motifs is 1. The fraction of sp³-hybridized carbons (Fsp3) is 0.238. The number of para-hydroxylation sites is 3. The van der Waals surface area contributed by atoms with Crippen molar-refractivity contribution >= 4 is 22.6 Å². The number of anilines is 1. The van der Waals surface area contributed by atoms with E-state index in [1.807, 2.05) is 54.3 Å². The Labute approximate surface area is 147 Å². The molecule has 126 valence electrons. The summed E-state index contributed by atoms with van der Waals surface area (Å²) in [6.45, 7) is 7.57. The molecule has 1 aliphatic rings. The molecule has 3 aromatic rings. The summed E-state index contributed by atoms with van der Waals surface area (Å²) < 4.78 is 2.27. The van der Waals surface area contributed by atoms with Crippen LogP contribution in [0.4, 0.5) is 5.69 Å². The highest BCUT2D eigenvalue weighted by molar-refractivity contribution is 5.96. The molecule has 1 amide bonds. The summed E-state index contributed by atoms with van der Waals surface area (Å²) in [5, 5.41) is 0. The van der Waals surface area contributed by atoms with Gasteiger partial charge in [0.05, 0.1) is 5.92 Å². The molecule has 2 heterocycles. The fourth-order valence-corrected chi connectivity index (χ4v) is 3.66. The molecular formula is C21H22N3O+. The first-order chi connectivity index (χ1) is 12.1. The van der Waals surface area contributed by atoms with Crippen molar-refractivity contribution < 1.29 is 9.36 Å². The molecule has 0 bridgehead atoms. The van der Waals surface area contributed by atoms with Crippen LogP contribution in [0.5, 0.6) is 0 Å². The Hall–Kier alpha value is -2.88. The summed E-state index contributed by atoms with van der Waals surface area (Å²) in [5.41, 5.74) is 4.33. The quantitative estimate of drug-likeness (QED) is 0.576. The third-order valence-corrected chi connectivity index (χ3v) is 4.76. The predicted octanol–water partition coefficient (Wildman–Crippen LogP) is 3.55. The lowest BCUT2D eigenvalue weighted by Crippen LogP contribution is -2.39. The lowest BCUT2D eigenvalue weighted by Gasteiger charge is -2.15. The second kappa shape index (κ2) is 6.20. The Balaban J connectivity index is 1.73. The Kier molecular flexibility index (Phi) is 3.88. The third-order valence-electron chi connectivity index (χ3n) is 4.76. The second-order valence-electron chi connectivity index (χ2n) is 6.81. The number of carbonyl (C=O) groups is 1. The lowest BCUT2D eigenvalue weighted by molar-refractivity contribution is -0.671. The minimum atomic E-state index is 0.152. The van der Waals surface area contributed by atoms with Gasteiger partial charge in [0.25, 0.3) is 5.82 Å². The van der Waals surface area contributed by atoms with Gasteiger partial charge in [0.1, 0.15) is 6.54 Å². The topological polar surface area (TPSA) is 40.0 Å². The molecular weight excluding hydrogens is 310 g/mol. The number of nitrogens with zero attached hydrogens (tertiary/aromatic N) is 2. The van der Waals surface area contributed by atoms with E-state index in [0.717, 1.165) is 34.7 Å². The van der Waals surface area contributed by atoms with Gasteiger partial charge in [0, 0.05) is 18.7 Å². The minimum Gasteiger partial charge on any atom is -0.311 e. The Bertz CT molecular complexity index is 942. The zero-order valence-corrected chi connectivity index (χ0v) is 14.4. The van der Waals surface area contributed by atoms with Crippen LogP contribution in [0.15, 0.2) is 66.7 Å². The summed E-state index contributed by atoms with van der Waals surface area (Å²) in [7, 11) is 0. The largest absolute Gasteiger partial charge is 0.311 e. The van der Waals surface area contributed by atoms with E-state index in [9.17, 15) is 4.79 Å². The van der Waals surface area contributed by atoms with Crippen LogP contribution in [0.25, 0.3) is 11.0 Å².